The molecule has 10 nitrogen and oxygen atoms in total. The summed E-state index contributed by atoms with van der Waals surface area (Å²) in [6.45, 7) is -0.319. The maximum absolute atomic E-state index is 13.2. The highest BCUT2D eigenvalue weighted by atomic mass is 16.7. The monoisotopic (exact) mass is 568 g/mol. The molecule has 5 rings (SSSR count). The van der Waals surface area contributed by atoms with Crippen LogP contribution in [-0.2, 0) is 23.7 Å². The molecule has 42 heavy (non-hydrogen) atoms. The molecule has 0 aromatic heterocycles. The molecular formula is C32H28N2O8. The van der Waals surface area contributed by atoms with Gasteiger partial charge in [-0.2, -0.15) is 0 Å². The van der Waals surface area contributed by atoms with Crippen LogP contribution in [0.3, 0.4) is 0 Å². The van der Waals surface area contributed by atoms with Gasteiger partial charge in [0.25, 0.3) is 0 Å². The fraction of sp³-hybridized carbons (Fsp3) is 0.188. The number of carbonyl (C=O) groups is 4. The summed E-state index contributed by atoms with van der Waals surface area (Å²) in [5.41, 5.74) is 6.68. The standard InChI is InChI=1S/C32H28N2O8/c33-28(35)24-17-10-18-34(19-24)29-27(42-32(38)23-15-8-3-9-16-23)26(41-31(37)22-13-6-2-7-14-22)25(40-29)20-39-30(36)21-11-4-1-5-12-21/h1-16,18-19,25-27,29H,17,20H2,(H2,33,35). The summed E-state index contributed by atoms with van der Waals surface area (Å²) in [7, 11) is 0. The zero-order valence-corrected chi connectivity index (χ0v) is 22.4. The van der Waals surface area contributed by atoms with E-state index in [4.69, 9.17) is 24.7 Å². The van der Waals surface area contributed by atoms with Gasteiger partial charge in [-0.1, -0.05) is 60.7 Å². The van der Waals surface area contributed by atoms with Gasteiger partial charge in [0, 0.05) is 18.0 Å². The topological polar surface area (TPSA) is 134 Å². The summed E-state index contributed by atoms with van der Waals surface area (Å²) in [6.07, 6.45) is 0.658. The van der Waals surface area contributed by atoms with Crippen molar-refractivity contribution in [1.82, 2.24) is 4.90 Å². The summed E-state index contributed by atoms with van der Waals surface area (Å²) < 4.78 is 23.6. The maximum atomic E-state index is 13.2. The lowest BCUT2D eigenvalue weighted by atomic mass is 10.1. The van der Waals surface area contributed by atoms with Gasteiger partial charge < -0.3 is 29.6 Å². The predicted molar refractivity (Wildman–Crippen MR) is 150 cm³/mol. The molecule has 4 atom stereocenters. The van der Waals surface area contributed by atoms with Gasteiger partial charge in [0.1, 0.15) is 12.7 Å². The first-order chi connectivity index (χ1) is 20.4. The van der Waals surface area contributed by atoms with E-state index in [1.807, 2.05) is 0 Å². The average Bonchev–Trinajstić information content (AvgIpc) is 3.37. The number of nitrogens with two attached hydrogens (primary N) is 1. The Bertz CT molecular complexity index is 1490. The summed E-state index contributed by atoms with van der Waals surface area (Å²) >= 11 is 0. The number of hydrogen-bond donors (Lipinski definition) is 1. The third kappa shape index (κ3) is 6.56. The number of ether oxygens (including phenoxy) is 4. The molecule has 0 spiro atoms. The Kier molecular flexibility index (Phi) is 8.74. The lowest BCUT2D eigenvalue weighted by Crippen LogP contribution is -2.45. The van der Waals surface area contributed by atoms with Crippen molar-refractivity contribution in [3.05, 3.63) is 132 Å². The van der Waals surface area contributed by atoms with E-state index in [1.54, 1.807) is 103 Å². The lowest BCUT2D eigenvalue weighted by Gasteiger charge is -2.31. The van der Waals surface area contributed by atoms with Crippen molar-refractivity contribution >= 4 is 23.8 Å². The number of primary amides is 1. The average molecular weight is 569 g/mol. The van der Waals surface area contributed by atoms with Gasteiger partial charge in [0.2, 0.25) is 5.91 Å². The molecule has 3 aromatic rings. The largest absolute Gasteiger partial charge is 0.459 e. The molecule has 4 unspecified atom stereocenters. The van der Waals surface area contributed by atoms with Crippen LogP contribution in [0, 0.1) is 0 Å². The van der Waals surface area contributed by atoms with Crippen molar-refractivity contribution in [3.8, 4) is 0 Å². The van der Waals surface area contributed by atoms with Gasteiger partial charge >= 0.3 is 17.9 Å². The highest BCUT2D eigenvalue weighted by Gasteiger charge is 2.52. The highest BCUT2D eigenvalue weighted by molar-refractivity contribution is 5.92. The van der Waals surface area contributed by atoms with Crippen LogP contribution in [0.25, 0.3) is 0 Å². The molecule has 2 aliphatic heterocycles. The Labute approximate surface area is 241 Å². The van der Waals surface area contributed by atoms with Crippen LogP contribution in [0.4, 0.5) is 0 Å². The van der Waals surface area contributed by atoms with E-state index in [-0.39, 0.29) is 17.7 Å². The van der Waals surface area contributed by atoms with Crippen LogP contribution in [0.2, 0.25) is 0 Å². The Morgan fingerprint density at radius 3 is 1.76 bits per heavy atom. The Morgan fingerprint density at radius 2 is 1.24 bits per heavy atom. The molecule has 1 amide bonds. The highest BCUT2D eigenvalue weighted by Crippen LogP contribution is 2.33. The SMILES string of the molecule is NC(=O)C1=CN(C2OC(COC(=O)c3ccccc3)C(OC(=O)c3ccccc3)C2OC(=O)c2ccccc2)C=CC1. The second-order valence-corrected chi connectivity index (χ2v) is 9.56. The minimum Gasteiger partial charge on any atom is -0.459 e. The number of hydrogen-bond acceptors (Lipinski definition) is 9. The van der Waals surface area contributed by atoms with Gasteiger partial charge in [-0.25, -0.2) is 14.4 Å². The first-order valence-electron chi connectivity index (χ1n) is 13.2. The summed E-state index contributed by atoms with van der Waals surface area (Å²) in [5, 5.41) is 0. The van der Waals surface area contributed by atoms with E-state index in [0.29, 0.717) is 17.6 Å². The van der Waals surface area contributed by atoms with Gasteiger partial charge in [-0.3, -0.25) is 4.79 Å². The third-order valence-corrected chi connectivity index (χ3v) is 6.71. The summed E-state index contributed by atoms with van der Waals surface area (Å²) in [6, 6.07) is 25.0. The van der Waals surface area contributed by atoms with Crippen molar-refractivity contribution in [2.45, 2.75) is 31.0 Å². The zero-order chi connectivity index (χ0) is 29.5. The Balaban J connectivity index is 1.47. The fourth-order valence-corrected chi connectivity index (χ4v) is 4.60. The van der Waals surface area contributed by atoms with Crippen LogP contribution in [-0.4, -0.2) is 59.9 Å². The molecular weight excluding hydrogens is 540 g/mol. The summed E-state index contributed by atoms with van der Waals surface area (Å²) in [4.78, 5) is 52.6. The van der Waals surface area contributed by atoms with Gasteiger partial charge in [0.05, 0.1) is 16.7 Å². The van der Waals surface area contributed by atoms with Crippen molar-refractivity contribution in [1.29, 1.82) is 0 Å². The normalized spacial score (nSPS) is 21.2. The Morgan fingerprint density at radius 1 is 0.738 bits per heavy atom. The Hall–Kier alpha value is -5.22. The van der Waals surface area contributed by atoms with E-state index < -0.39 is 48.4 Å². The number of nitrogens with zero attached hydrogens (tertiary/aromatic N) is 1. The van der Waals surface area contributed by atoms with Gasteiger partial charge in [0.15, 0.2) is 18.4 Å². The smallest absolute Gasteiger partial charge is 0.338 e. The van der Waals surface area contributed by atoms with Crippen LogP contribution in [0.15, 0.2) is 115 Å². The molecule has 0 aliphatic carbocycles. The van der Waals surface area contributed by atoms with Gasteiger partial charge in [-0.15, -0.1) is 0 Å². The molecule has 10 heteroatoms. The van der Waals surface area contributed by atoms with Crippen LogP contribution < -0.4 is 5.73 Å². The summed E-state index contributed by atoms with van der Waals surface area (Å²) in [5.74, 6) is -2.60. The quantitative estimate of drug-likeness (QED) is 0.303. The second kappa shape index (κ2) is 13.0. The lowest BCUT2D eigenvalue weighted by molar-refractivity contribution is -0.115. The molecule has 1 saturated heterocycles. The molecule has 2 heterocycles. The minimum atomic E-state index is -1.20. The molecule has 3 aromatic carbocycles. The second-order valence-electron chi connectivity index (χ2n) is 9.56. The molecule has 2 aliphatic rings. The van der Waals surface area contributed by atoms with Crippen LogP contribution >= 0.6 is 0 Å². The number of carbonyl (C=O) groups excluding carboxylic acids is 4. The van der Waals surface area contributed by atoms with E-state index in [0.717, 1.165) is 0 Å². The van der Waals surface area contributed by atoms with E-state index >= 15 is 0 Å². The minimum absolute atomic E-state index is 0.267. The van der Waals surface area contributed by atoms with Crippen molar-refractivity contribution < 1.29 is 38.1 Å². The third-order valence-electron chi connectivity index (χ3n) is 6.71. The zero-order valence-electron chi connectivity index (χ0n) is 22.4. The van der Waals surface area contributed by atoms with Crippen LogP contribution in [0.1, 0.15) is 37.5 Å². The molecule has 1 fully saturated rings. The van der Waals surface area contributed by atoms with E-state index in [1.165, 1.54) is 11.1 Å². The van der Waals surface area contributed by atoms with Crippen molar-refractivity contribution in [3.63, 3.8) is 0 Å². The molecule has 0 saturated carbocycles. The molecule has 0 radical (unpaired) electrons. The fourth-order valence-electron chi connectivity index (χ4n) is 4.60. The number of esters is 3. The van der Waals surface area contributed by atoms with E-state index in [2.05, 4.69) is 0 Å². The van der Waals surface area contributed by atoms with Crippen LogP contribution in [0.5, 0.6) is 0 Å². The van der Waals surface area contributed by atoms with Gasteiger partial charge in [-0.05, 0) is 42.8 Å². The number of allylic oxidation sites excluding steroid dienone is 1. The first kappa shape index (κ1) is 28.3. The number of benzene rings is 3. The van der Waals surface area contributed by atoms with Crippen molar-refractivity contribution in [2.75, 3.05) is 6.61 Å². The van der Waals surface area contributed by atoms with Crippen molar-refractivity contribution in [2.24, 2.45) is 5.73 Å². The number of amides is 1. The predicted octanol–water partition coefficient (Wildman–Crippen LogP) is 3.61. The molecule has 214 valence electrons. The van der Waals surface area contributed by atoms with E-state index in [9.17, 15) is 19.2 Å². The molecule has 0 bridgehead atoms. The number of rotatable bonds is 9. The maximum Gasteiger partial charge on any atom is 0.338 e. The molecule has 2 N–H and O–H groups in total. The first-order valence-corrected chi connectivity index (χ1v) is 13.2.